The maximum Gasteiger partial charge on any atom is 0.00226 e. The number of hydrogen-bond donors (Lipinski definition) is 1. The van der Waals surface area contributed by atoms with Gasteiger partial charge in [0.25, 0.3) is 0 Å². The number of benzene rings is 1. The fourth-order valence-corrected chi connectivity index (χ4v) is 2.41. The molecule has 1 atom stereocenters. The smallest absolute Gasteiger partial charge is 0.00226 e. The number of hydrogen-bond acceptors (Lipinski definition) is 1. The maximum atomic E-state index is 3.64. The van der Waals surface area contributed by atoms with Crippen LogP contribution in [-0.2, 0) is 0 Å². The van der Waals surface area contributed by atoms with Gasteiger partial charge in [0.15, 0.2) is 0 Å². The molecule has 1 aliphatic rings. The first kappa shape index (κ1) is 12.6. The lowest BCUT2D eigenvalue weighted by Crippen LogP contribution is -2.25. The third-order valence-electron chi connectivity index (χ3n) is 3.82. The van der Waals surface area contributed by atoms with Gasteiger partial charge in [-0.05, 0) is 36.3 Å². The Kier molecular flexibility index (Phi) is 4.61. The van der Waals surface area contributed by atoms with Crippen molar-refractivity contribution in [2.75, 3.05) is 13.1 Å². The summed E-state index contributed by atoms with van der Waals surface area (Å²) in [4.78, 5) is 0. The lowest BCUT2D eigenvalue weighted by atomic mass is 9.88. The van der Waals surface area contributed by atoms with Crippen molar-refractivity contribution < 1.29 is 0 Å². The first-order chi connectivity index (χ1) is 8.27. The van der Waals surface area contributed by atoms with E-state index >= 15 is 0 Å². The van der Waals surface area contributed by atoms with Crippen molar-refractivity contribution in [1.29, 1.82) is 0 Å². The van der Waals surface area contributed by atoms with E-state index in [9.17, 15) is 0 Å². The second-order valence-electron chi connectivity index (χ2n) is 5.70. The van der Waals surface area contributed by atoms with E-state index < -0.39 is 0 Å². The summed E-state index contributed by atoms with van der Waals surface area (Å²) in [6, 6.07) is 10.9. The Labute approximate surface area is 106 Å². The van der Waals surface area contributed by atoms with Crippen molar-refractivity contribution in [2.45, 2.75) is 39.0 Å². The van der Waals surface area contributed by atoms with Crippen molar-refractivity contribution in [1.82, 2.24) is 5.32 Å². The van der Waals surface area contributed by atoms with Gasteiger partial charge in [-0.25, -0.2) is 0 Å². The van der Waals surface area contributed by atoms with E-state index in [0.717, 1.165) is 12.5 Å². The molecule has 1 N–H and O–H groups in total. The van der Waals surface area contributed by atoms with E-state index in [4.69, 9.17) is 0 Å². The molecule has 1 heteroatoms. The van der Waals surface area contributed by atoms with Crippen molar-refractivity contribution in [3.63, 3.8) is 0 Å². The summed E-state index contributed by atoms with van der Waals surface area (Å²) in [5.41, 5.74) is 1.47. The fraction of sp³-hybridized carbons (Fsp3) is 0.625. The Morgan fingerprint density at radius 2 is 1.88 bits per heavy atom. The van der Waals surface area contributed by atoms with Crippen LogP contribution in [0.3, 0.4) is 0 Å². The third kappa shape index (κ3) is 4.16. The van der Waals surface area contributed by atoms with Crippen LogP contribution < -0.4 is 5.32 Å². The minimum Gasteiger partial charge on any atom is -0.316 e. The van der Waals surface area contributed by atoms with Crippen LogP contribution in [-0.4, -0.2) is 13.1 Å². The van der Waals surface area contributed by atoms with E-state index in [1.54, 1.807) is 0 Å². The van der Waals surface area contributed by atoms with Crippen molar-refractivity contribution in [3.05, 3.63) is 35.9 Å². The van der Waals surface area contributed by atoms with Crippen LogP contribution in [0.25, 0.3) is 0 Å². The summed E-state index contributed by atoms with van der Waals surface area (Å²) in [6.45, 7) is 6.95. The van der Waals surface area contributed by atoms with E-state index in [-0.39, 0.29) is 0 Å². The minimum absolute atomic E-state index is 0.649. The summed E-state index contributed by atoms with van der Waals surface area (Å²) in [7, 11) is 0. The first-order valence-corrected chi connectivity index (χ1v) is 7.03. The summed E-state index contributed by atoms with van der Waals surface area (Å²) >= 11 is 0. The minimum atomic E-state index is 0.649. The van der Waals surface area contributed by atoms with Gasteiger partial charge in [0.05, 0.1) is 0 Å². The fourth-order valence-electron chi connectivity index (χ4n) is 2.41. The molecule has 1 aromatic rings. The van der Waals surface area contributed by atoms with Crippen molar-refractivity contribution in [2.24, 2.45) is 11.8 Å². The molecule has 0 aliphatic heterocycles. The molecule has 1 nitrogen and oxygen atoms in total. The van der Waals surface area contributed by atoms with Gasteiger partial charge in [0, 0.05) is 6.54 Å². The third-order valence-corrected chi connectivity index (χ3v) is 3.82. The van der Waals surface area contributed by atoms with Crippen molar-refractivity contribution in [3.8, 4) is 0 Å². The summed E-state index contributed by atoms with van der Waals surface area (Å²) in [5, 5.41) is 3.64. The predicted octanol–water partition coefficient (Wildman–Crippen LogP) is 3.82. The van der Waals surface area contributed by atoms with E-state index in [1.807, 2.05) is 0 Å². The lowest BCUT2D eigenvalue weighted by Gasteiger charge is -2.22. The zero-order chi connectivity index (χ0) is 12.1. The van der Waals surface area contributed by atoms with Crippen LogP contribution in [0.2, 0.25) is 0 Å². The van der Waals surface area contributed by atoms with Gasteiger partial charge < -0.3 is 5.32 Å². The molecule has 1 fully saturated rings. The summed E-state index contributed by atoms with van der Waals surface area (Å²) in [5.74, 6) is 2.39. The van der Waals surface area contributed by atoms with Crippen LogP contribution in [0.1, 0.15) is 44.6 Å². The Balaban J connectivity index is 1.79. The van der Waals surface area contributed by atoms with Gasteiger partial charge in [-0.2, -0.15) is 0 Å². The Hall–Kier alpha value is -0.820. The monoisotopic (exact) mass is 231 g/mol. The highest BCUT2D eigenvalue weighted by atomic mass is 14.9. The van der Waals surface area contributed by atoms with Gasteiger partial charge >= 0.3 is 0 Å². The largest absolute Gasteiger partial charge is 0.316 e. The molecule has 1 aliphatic carbocycles. The molecule has 0 heterocycles. The molecular formula is C16H25N. The van der Waals surface area contributed by atoms with Crippen molar-refractivity contribution >= 4 is 0 Å². The molecular weight excluding hydrogens is 206 g/mol. The molecule has 2 rings (SSSR count). The van der Waals surface area contributed by atoms with Crippen LogP contribution in [0.5, 0.6) is 0 Å². The van der Waals surface area contributed by atoms with Crippen LogP contribution in [0.15, 0.2) is 30.3 Å². The standard InChI is InChI=1S/C16H25N/c1-13(2)16(15-6-4-3-5-7-15)12-17-11-10-14-8-9-14/h3-7,13-14,16-17H,8-12H2,1-2H3. The topological polar surface area (TPSA) is 12.0 Å². The van der Waals surface area contributed by atoms with E-state index in [2.05, 4.69) is 49.5 Å². The average molecular weight is 231 g/mol. The summed E-state index contributed by atoms with van der Waals surface area (Å²) < 4.78 is 0. The van der Waals surface area contributed by atoms with Crippen LogP contribution in [0, 0.1) is 11.8 Å². The molecule has 0 aromatic heterocycles. The predicted molar refractivity (Wildman–Crippen MR) is 74.2 cm³/mol. The molecule has 1 saturated carbocycles. The highest BCUT2D eigenvalue weighted by Crippen LogP contribution is 2.31. The van der Waals surface area contributed by atoms with Gasteiger partial charge in [0.1, 0.15) is 0 Å². The molecule has 1 aromatic carbocycles. The van der Waals surface area contributed by atoms with E-state index in [1.165, 1.54) is 31.4 Å². The zero-order valence-corrected chi connectivity index (χ0v) is 11.2. The molecule has 94 valence electrons. The zero-order valence-electron chi connectivity index (χ0n) is 11.2. The lowest BCUT2D eigenvalue weighted by molar-refractivity contribution is 0.456. The van der Waals surface area contributed by atoms with Crippen LogP contribution in [0.4, 0.5) is 0 Å². The molecule has 17 heavy (non-hydrogen) atoms. The Bertz CT molecular complexity index is 314. The van der Waals surface area contributed by atoms with Crippen LogP contribution >= 0.6 is 0 Å². The molecule has 0 bridgehead atoms. The number of nitrogens with one attached hydrogen (secondary N) is 1. The average Bonchev–Trinajstić information content (AvgIpc) is 3.13. The SMILES string of the molecule is CC(C)C(CNCCC1CC1)c1ccccc1. The van der Waals surface area contributed by atoms with Gasteiger partial charge in [-0.15, -0.1) is 0 Å². The second-order valence-corrected chi connectivity index (χ2v) is 5.70. The molecule has 0 amide bonds. The Morgan fingerprint density at radius 1 is 1.18 bits per heavy atom. The highest BCUT2D eigenvalue weighted by Gasteiger charge is 2.20. The first-order valence-electron chi connectivity index (χ1n) is 7.03. The van der Waals surface area contributed by atoms with Gasteiger partial charge in [0.2, 0.25) is 0 Å². The number of rotatable bonds is 7. The molecule has 0 saturated heterocycles. The maximum absolute atomic E-state index is 3.64. The Morgan fingerprint density at radius 3 is 2.47 bits per heavy atom. The van der Waals surface area contributed by atoms with E-state index in [0.29, 0.717) is 11.8 Å². The highest BCUT2D eigenvalue weighted by molar-refractivity contribution is 5.20. The molecule has 0 spiro atoms. The quantitative estimate of drug-likeness (QED) is 0.704. The summed E-state index contributed by atoms with van der Waals surface area (Å²) in [6.07, 6.45) is 4.31. The normalized spacial score (nSPS) is 17.4. The molecule has 1 unspecified atom stereocenters. The molecule has 0 radical (unpaired) electrons. The van der Waals surface area contributed by atoms with Gasteiger partial charge in [-0.3, -0.25) is 0 Å². The second kappa shape index (κ2) is 6.20. The van der Waals surface area contributed by atoms with Gasteiger partial charge in [-0.1, -0.05) is 57.0 Å².